The summed E-state index contributed by atoms with van der Waals surface area (Å²) in [6, 6.07) is 11.0. The highest BCUT2D eigenvalue weighted by atomic mass is 35.5. The van der Waals surface area contributed by atoms with Crippen molar-refractivity contribution in [3.8, 4) is 5.75 Å². The van der Waals surface area contributed by atoms with Crippen molar-refractivity contribution < 1.29 is 9.53 Å². The molecular formula is C21H21Cl3N4O2S. The van der Waals surface area contributed by atoms with E-state index in [4.69, 9.17) is 39.5 Å². The van der Waals surface area contributed by atoms with Crippen LogP contribution in [0.25, 0.3) is 0 Å². The fourth-order valence-electron chi connectivity index (χ4n) is 2.63. The van der Waals surface area contributed by atoms with Gasteiger partial charge >= 0.3 is 0 Å². The fourth-order valence-corrected chi connectivity index (χ4v) is 3.95. The Kier molecular flexibility index (Phi) is 8.11. The molecule has 1 amide bonds. The number of thioether (sulfide) groups is 1. The number of carbonyl (C=O) groups excluding carboxylic acids is 1. The fraction of sp³-hybridized carbons (Fsp3) is 0.286. The molecule has 3 rings (SSSR count). The third kappa shape index (κ3) is 6.29. The summed E-state index contributed by atoms with van der Waals surface area (Å²) in [5.41, 5.74) is 1.65. The highest BCUT2D eigenvalue weighted by Crippen LogP contribution is 2.32. The first-order valence-corrected chi connectivity index (χ1v) is 11.5. The van der Waals surface area contributed by atoms with Gasteiger partial charge < -0.3 is 14.6 Å². The van der Waals surface area contributed by atoms with Gasteiger partial charge in [-0.05, 0) is 35.7 Å². The average Bonchev–Trinajstić information content (AvgIpc) is 3.08. The first-order valence-electron chi connectivity index (χ1n) is 9.42. The van der Waals surface area contributed by atoms with Crippen LogP contribution in [0, 0.1) is 0 Å². The molecule has 0 aliphatic rings. The van der Waals surface area contributed by atoms with Crippen molar-refractivity contribution in [1.29, 1.82) is 0 Å². The summed E-state index contributed by atoms with van der Waals surface area (Å²) in [6.45, 7) is 4.57. The molecule has 0 unspecified atom stereocenters. The number of carbonyl (C=O) groups is 1. The van der Waals surface area contributed by atoms with Gasteiger partial charge in [0.15, 0.2) is 11.0 Å². The van der Waals surface area contributed by atoms with Crippen molar-refractivity contribution in [2.24, 2.45) is 7.05 Å². The summed E-state index contributed by atoms with van der Waals surface area (Å²) in [6.07, 6.45) is 0. The molecule has 6 nitrogen and oxygen atoms in total. The minimum Gasteiger partial charge on any atom is -0.486 e. The van der Waals surface area contributed by atoms with Crippen LogP contribution in [0.15, 0.2) is 41.6 Å². The zero-order valence-electron chi connectivity index (χ0n) is 17.2. The van der Waals surface area contributed by atoms with E-state index in [1.54, 1.807) is 4.57 Å². The number of halogens is 3. The molecule has 0 saturated carbocycles. The second kappa shape index (κ2) is 10.6. The molecule has 2 aromatic carbocycles. The Balaban J connectivity index is 1.54. The molecule has 1 heterocycles. The summed E-state index contributed by atoms with van der Waals surface area (Å²) in [5, 5.41) is 12.6. The van der Waals surface area contributed by atoms with E-state index in [-0.39, 0.29) is 18.3 Å². The summed E-state index contributed by atoms with van der Waals surface area (Å²) in [5.74, 6) is 1.76. The number of hydrogen-bond donors (Lipinski definition) is 1. The van der Waals surface area contributed by atoms with Gasteiger partial charge in [-0.3, -0.25) is 4.79 Å². The number of anilines is 1. The molecule has 3 aromatic rings. The first-order chi connectivity index (χ1) is 14.7. The molecule has 0 aliphatic heterocycles. The van der Waals surface area contributed by atoms with Gasteiger partial charge in [-0.25, -0.2) is 0 Å². The zero-order chi connectivity index (χ0) is 22.5. The van der Waals surface area contributed by atoms with Gasteiger partial charge in [-0.15, -0.1) is 10.2 Å². The maximum Gasteiger partial charge on any atom is 0.234 e. The van der Waals surface area contributed by atoms with E-state index in [0.29, 0.717) is 37.7 Å². The molecule has 31 heavy (non-hydrogen) atoms. The van der Waals surface area contributed by atoms with Crippen LogP contribution >= 0.6 is 46.6 Å². The topological polar surface area (TPSA) is 69.0 Å². The lowest BCUT2D eigenvalue weighted by atomic mass is 10.0. The quantitative estimate of drug-likeness (QED) is 0.295. The number of benzene rings is 2. The number of hydrogen-bond acceptors (Lipinski definition) is 5. The van der Waals surface area contributed by atoms with Gasteiger partial charge in [-0.2, -0.15) is 0 Å². The molecule has 0 saturated heterocycles. The molecule has 0 aliphatic carbocycles. The second-order valence-electron chi connectivity index (χ2n) is 7.05. The van der Waals surface area contributed by atoms with Crippen molar-refractivity contribution in [3.05, 3.63) is 62.9 Å². The number of nitrogens with zero attached hydrogens (tertiary/aromatic N) is 3. The number of ether oxygens (including phenoxy) is 1. The summed E-state index contributed by atoms with van der Waals surface area (Å²) in [4.78, 5) is 12.3. The van der Waals surface area contributed by atoms with E-state index in [1.807, 2.05) is 19.2 Å². The van der Waals surface area contributed by atoms with Gasteiger partial charge in [0.2, 0.25) is 5.91 Å². The Morgan fingerprint density at radius 1 is 1.10 bits per heavy atom. The van der Waals surface area contributed by atoms with Crippen molar-refractivity contribution in [3.63, 3.8) is 0 Å². The minimum absolute atomic E-state index is 0.125. The van der Waals surface area contributed by atoms with E-state index >= 15 is 0 Å². The largest absolute Gasteiger partial charge is 0.486 e. The lowest BCUT2D eigenvalue weighted by Crippen LogP contribution is -2.15. The van der Waals surface area contributed by atoms with E-state index in [9.17, 15) is 4.79 Å². The number of amides is 1. The molecule has 0 bridgehead atoms. The van der Waals surface area contributed by atoms with Gasteiger partial charge in [0, 0.05) is 7.05 Å². The molecule has 1 N–H and O–H groups in total. The minimum atomic E-state index is -0.253. The van der Waals surface area contributed by atoms with Crippen LogP contribution in [0.3, 0.4) is 0 Å². The second-order valence-corrected chi connectivity index (χ2v) is 9.22. The first kappa shape index (κ1) is 23.7. The average molecular weight is 500 g/mol. The SMILES string of the molecule is CC(C)c1ccc(OCc2nnc(SCC(=O)Nc3cc(Cl)c(Cl)cc3Cl)n2C)cc1. The molecule has 0 radical (unpaired) electrons. The molecular weight excluding hydrogens is 479 g/mol. The maximum absolute atomic E-state index is 12.3. The molecule has 1 aromatic heterocycles. The van der Waals surface area contributed by atoms with Crippen LogP contribution in [0.2, 0.25) is 15.1 Å². The van der Waals surface area contributed by atoms with Crippen molar-refractivity contribution in [2.75, 3.05) is 11.1 Å². The van der Waals surface area contributed by atoms with E-state index in [2.05, 4.69) is 41.5 Å². The van der Waals surface area contributed by atoms with Crippen molar-refractivity contribution in [2.45, 2.75) is 31.5 Å². The van der Waals surface area contributed by atoms with Gasteiger partial charge in [0.05, 0.1) is 26.5 Å². The van der Waals surface area contributed by atoms with Crippen LogP contribution < -0.4 is 10.1 Å². The smallest absolute Gasteiger partial charge is 0.234 e. The third-order valence-electron chi connectivity index (χ3n) is 4.46. The number of rotatable bonds is 8. The highest BCUT2D eigenvalue weighted by Gasteiger charge is 2.14. The maximum atomic E-state index is 12.3. The predicted octanol–water partition coefficient (Wildman–Crippen LogP) is 6.21. The van der Waals surface area contributed by atoms with E-state index in [1.165, 1.54) is 29.5 Å². The Bertz CT molecular complexity index is 1070. The molecule has 164 valence electrons. The summed E-state index contributed by atoms with van der Waals surface area (Å²) < 4.78 is 7.61. The number of nitrogens with one attached hydrogen (secondary N) is 1. The van der Waals surface area contributed by atoms with Crippen molar-refractivity contribution >= 4 is 58.2 Å². The van der Waals surface area contributed by atoms with Gasteiger partial charge in [0.25, 0.3) is 0 Å². The third-order valence-corrected chi connectivity index (χ3v) is 6.51. The van der Waals surface area contributed by atoms with Crippen LogP contribution in [-0.2, 0) is 18.4 Å². The van der Waals surface area contributed by atoms with Crippen LogP contribution in [0.4, 0.5) is 5.69 Å². The Hall–Kier alpha value is -1.93. The van der Waals surface area contributed by atoms with Crippen molar-refractivity contribution in [1.82, 2.24) is 14.8 Å². The number of aromatic nitrogens is 3. The predicted molar refractivity (Wildman–Crippen MR) is 127 cm³/mol. The Morgan fingerprint density at radius 2 is 1.77 bits per heavy atom. The zero-order valence-corrected chi connectivity index (χ0v) is 20.2. The summed E-state index contributed by atoms with van der Waals surface area (Å²) >= 11 is 19.2. The highest BCUT2D eigenvalue weighted by molar-refractivity contribution is 7.99. The Morgan fingerprint density at radius 3 is 2.45 bits per heavy atom. The lowest BCUT2D eigenvalue weighted by molar-refractivity contribution is -0.113. The van der Waals surface area contributed by atoms with Crippen LogP contribution in [-0.4, -0.2) is 26.4 Å². The monoisotopic (exact) mass is 498 g/mol. The molecule has 10 heteroatoms. The molecule has 0 fully saturated rings. The molecule has 0 spiro atoms. The normalized spacial score (nSPS) is 11.1. The van der Waals surface area contributed by atoms with Crippen LogP contribution in [0.1, 0.15) is 31.2 Å². The van der Waals surface area contributed by atoms with Crippen LogP contribution in [0.5, 0.6) is 5.75 Å². The van der Waals surface area contributed by atoms with Gasteiger partial charge in [-0.1, -0.05) is 72.5 Å². The van der Waals surface area contributed by atoms with E-state index < -0.39 is 0 Å². The lowest BCUT2D eigenvalue weighted by Gasteiger charge is -2.09. The molecule has 0 atom stereocenters. The van der Waals surface area contributed by atoms with Gasteiger partial charge in [0.1, 0.15) is 12.4 Å². The Labute approximate surface area is 200 Å². The summed E-state index contributed by atoms with van der Waals surface area (Å²) in [7, 11) is 1.83. The van der Waals surface area contributed by atoms with E-state index in [0.717, 1.165) is 5.75 Å². The standard InChI is InChI=1S/C21H21Cl3N4O2S/c1-12(2)13-4-6-14(7-5-13)30-10-19-26-27-21(28(19)3)31-11-20(29)25-18-9-16(23)15(22)8-17(18)24/h4-9,12H,10-11H2,1-3H3,(H,25,29).